The molecule has 1 aromatic heterocycles. The molecule has 2 rings (SSSR count). The summed E-state index contributed by atoms with van der Waals surface area (Å²) < 4.78 is 5.25. The summed E-state index contributed by atoms with van der Waals surface area (Å²) in [6.45, 7) is 5.79. The van der Waals surface area contributed by atoms with Gasteiger partial charge in [-0.05, 0) is 31.0 Å². The van der Waals surface area contributed by atoms with Gasteiger partial charge in [0.2, 0.25) is 0 Å². The molecule has 0 aliphatic rings. The summed E-state index contributed by atoms with van der Waals surface area (Å²) in [6.07, 6.45) is 0.854. The first-order valence-electron chi connectivity index (χ1n) is 7.53. The molecule has 1 aromatic carbocycles. The molecule has 0 saturated heterocycles. The number of nitrogens with zero attached hydrogens (tertiary/aromatic N) is 2. The lowest BCUT2D eigenvalue weighted by molar-refractivity contribution is 0.374. The molecule has 2 aromatic rings. The van der Waals surface area contributed by atoms with Crippen molar-refractivity contribution in [3.63, 3.8) is 0 Å². The van der Waals surface area contributed by atoms with Crippen molar-refractivity contribution in [3.8, 4) is 0 Å². The van der Waals surface area contributed by atoms with Crippen molar-refractivity contribution in [3.05, 3.63) is 51.3 Å². The van der Waals surface area contributed by atoms with Gasteiger partial charge in [-0.15, -0.1) is 0 Å². The summed E-state index contributed by atoms with van der Waals surface area (Å²) in [7, 11) is 0. The average Bonchev–Trinajstić information content (AvgIpc) is 2.99. The van der Waals surface area contributed by atoms with E-state index in [1.165, 1.54) is 0 Å². The van der Waals surface area contributed by atoms with Crippen molar-refractivity contribution in [1.29, 1.82) is 0 Å². The van der Waals surface area contributed by atoms with Crippen LogP contribution in [0.3, 0.4) is 0 Å². The van der Waals surface area contributed by atoms with E-state index in [1.54, 1.807) is 12.1 Å². The normalized spacial score (nSPS) is 11.6. The number of hydrogen-bond acceptors (Lipinski definition) is 3. The average molecular weight is 355 g/mol. The van der Waals surface area contributed by atoms with Crippen LogP contribution in [0.25, 0.3) is 0 Å². The molecule has 0 fully saturated rings. The van der Waals surface area contributed by atoms with E-state index in [2.05, 4.69) is 20.8 Å². The first kappa shape index (κ1) is 17.6. The van der Waals surface area contributed by atoms with Crippen LogP contribution in [-0.4, -0.2) is 17.7 Å². The van der Waals surface area contributed by atoms with E-state index in [-0.39, 0.29) is 0 Å². The topological polar surface area (TPSA) is 62.5 Å². The monoisotopic (exact) mass is 354 g/mol. The highest BCUT2D eigenvalue weighted by Gasteiger charge is 2.05. The Morgan fingerprint density at radius 1 is 1.22 bits per heavy atom. The molecule has 0 aliphatic carbocycles. The molecule has 7 heteroatoms. The summed E-state index contributed by atoms with van der Waals surface area (Å²) in [5.74, 6) is 1.46. The van der Waals surface area contributed by atoms with Gasteiger partial charge in [-0.25, -0.2) is 4.99 Å². The number of benzene rings is 1. The minimum atomic E-state index is 0.460. The third kappa shape index (κ3) is 5.44. The summed E-state index contributed by atoms with van der Waals surface area (Å²) >= 11 is 12.1. The van der Waals surface area contributed by atoms with Gasteiger partial charge in [-0.1, -0.05) is 41.3 Å². The molecule has 0 atom stereocenters. The van der Waals surface area contributed by atoms with E-state index >= 15 is 0 Å². The van der Waals surface area contributed by atoms with Crippen molar-refractivity contribution in [2.45, 2.75) is 33.4 Å². The first-order valence-corrected chi connectivity index (χ1v) is 8.28. The largest absolute Gasteiger partial charge is 0.359 e. The lowest BCUT2D eigenvalue weighted by atomic mass is 10.2. The maximum Gasteiger partial charge on any atom is 0.191 e. The predicted octanol–water partition coefficient (Wildman–Crippen LogP) is 3.80. The highest BCUT2D eigenvalue weighted by atomic mass is 35.5. The zero-order valence-electron chi connectivity index (χ0n) is 13.2. The maximum absolute atomic E-state index is 6.16. The highest BCUT2D eigenvalue weighted by Crippen LogP contribution is 2.21. The van der Waals surface area contributed by atoms with Gasteiger partial charge in [0.15, 0.2) is 11.7 Å². The van der Waals surface area contributed by atoms with Gasteiger partial charge < -0.3 is 15.2 Å². The van der Waals surface area contributed by atoms with Crippen LogP contribution < -0.4 is 10.6 Å². The fourth-order valence-electron chi connectivity index (χ4n) is 1.93. The number of aromatic nitrogens is 1. The summed E-state index contributed by atoms with van der Waals surface area (Å²) in [6, 6.07) is 7.34. The zero-order valence-corrected chi connectivity index (χ0v) is 14.7. The van der Waals surface area contributed by atoms with Crippen molar-refractivity contribution in [2.24, 2.45) is 4.99 Å². The van der Waals surface area contributed by atoms with Crippen LogP contribution in [0.4, 0.5) is 0 Å². The minimum absolute atomic E-state index is 0.460. The number of guanidine groups is 1. The number of hydrogen-bond donors (Lipinski definition) is 2. The number of halogens is 2. The number of aliphatic imine (C=N–C) groups is 1. The Morgan fingerprint density at radius 2 is 2.04 bits per heavy atom. The van der Waals surface area contributed by atoms with Gasteiger partial charge in [0.1, 0.15) is 0 Å². The number of nitrogens with one attached hydrogen (secondary N) is 2. The molecule has 0 aliphatic heterocycles. The van der Waals surface area contributed by atoms with Crippen LogP contribution in [0, 0.1) is 0 Å². The van der Waals surface area contributed by atoms with Crippen molar-refractivity contribution in [2.75, 3.05) is 6.54 Å². The van der Waals surface area contributed by atoms with Crippen LogP contribution in [0.1, 0.15) is 30.9 Å². The Balaban J connectivity index is 1.98. The highest BCUT2D eigenvalue weighted by molar-refractivity contribution is 6.35. The van der Waals surface area contributed by atoms with E-state index in [0.29, 0.717) is 29.1 Å². The van der Waals surface area contributed by atoms with Crippen LogP contribution in [0.2, 0.25) is 10.0 Å². The lowest BCUT2D eigenvalue weighted by Crippen LogP contribution is -2.36. The van der Waals surface area contributed by atoms with Gasteiger partial charge in [-0.2, -0.15) is 0 Å². The Labute approximate surface area is 146 Å². The molecule has 0 amide bonds. The van der Waals surface area contributed by atoms with E-state index in [0.717, 1.165) is 30.0 Å². The predicted molar refractivity (Wildman–Crippen MR) is 94.0 cm³/mol. The van der Waals surface area contributed by atoms with Gasteiger partial charge in [0.05, 0.1) is 18.8 Å². The minimum Gasteiger partial charge on any atom is -0.359 e. The molecule has 0 bridgehead atoms. The zero-order chi connectivity index (χ0) is 16.7. The fraction of sp³-hybridized carbons (Fsp3) is 0.375. The van der Waals surface area contributed by atoms with Gasteiger partial charge in [0.25, 0.3) is 0 Å². The SMILES string of the molecule is CCNC(=NCc1ccc(Cl)cc1Cl)NCc1cc(CC)no1. The van der Waals surface area contributed by atoms with E-state index in [9.17, 15) is 0 Å². The number of aryl methyl sites for hydroxylation is 1. The van der Waals surface area contributed by atoms with Crippen molar-refractivity contribution in [1.82, 2.24) is 15.8 Å². The summed E-state index contributed by atoms with van der Waals surface area (Å²) in [4.78, 5) is 4.52. The standard InChI is InChI=1S/C16H20Cl2N4O/c1-3-13-8-14(23-22-13)10-21-16(19-4-2)20-9-11-5-6-12(17)7-15(11)18/h5-8H,3-4,9-10H2,1-2H3,(H2,19,20,21). The van der Waals surface area contributed by atoms with Gasteiger partial charge in [-0.3, -0.25) is 0 Å². The van der Waals surface area contributed by atoms with Crippen LogP contribution in [-0.2, 0) is 19.5 Å². The van der Waals surface area contributed by atoms with E-state index < -0.39 is 0 Å². The van der Waals surface area contributed by atoms with Gasteiger partial charge >= 0.3 is 0 Å². The molecular weight excluding hydrogens is 335 g/mol. The quantitative estimate of drug-likeness (QED) is 0.611. The second-order valence-electron chi connectivity index (χ2n) is 4.92. The molecule has 23 heavy (non-hydrogen) atoms. The molecule has 0 radical (unpaired) electrons. The smallest absolute Gasteiger partial charge is 0.191 e. The lowest BCUT2D eigenvalue weighted by Gasteiger charge is -2.10. The van der Waals surface area contributed by atoms with E-state index in [1.807, 2.05) is 26.0 Å². The van der Waals surface area contributed by atoms with Crippen LogP contribution in [0.5, 0.6) is 0 Å². The fourth-order valence-corrected chi connectivity index (χ4v) is 2.40. The Hall–Kier alpha value is -1.72. The molecule has 124 valence electrons. The second-order valence-corrected chi connectivity index (χ2v) is 5.77. The molecule has 1 heterocycles. The molecule has 0 unspecified atom stereocenters. The molecule has 0 saturated carbocycles. The molecule has 0 spiro atoms. The third-order valence-electron chi connectivity index (χ3n) is 3.17. The second kappa shape index (κ2) is 8.79. The molecule has 5 nitrogen and oxygen atoms in total. The Kier molecular flexibility index (Phi) is 6.74. The Morgan fingerprint density at radius 3 is 2.70 bits per heavy atom. The maximum atomic E-state index is 6.16. The van der Waals surface area contributed by atoms with Crippen molar-refractivity contribution < 1.29 is 4.52 Å². The van der Waals surface area contributed by atoms with Gasteiger partial charge in [0, 0.05) is 22.7 Å². The van der Waals surface area contributed by atoms with Crippen molar-refractivity contribution >= 4 is 29.2 Å². The molecule has 2 N–H and O–H groups in total. The number of rotatable bonds is 6. The summed E-state index contributed by atoms with van der Waals surface area (Å²) in [5, 5.41) is 11.6. The first-order chi connectivity index (χ1) is 11.1. The summed E-state index contributed by atoms with van der Waals surface area (Å²) in [5.41, 5.74) is 1.86. The van der Waals surface area contributed by atoms with Crippen LogP contribution in [0.15, 0.2) is 33.8 Å². The Bertz CT molecular complexity index is 670. The van der Waals surface area contributed by atoms with E-state index in [4.69, 9.17) is 27.7 Å². The van der Waals surface area contributed by atoms with Crippen LogP contribution >= 0.6 is 23.2 Å². The third-order valence-corrected chi connectivity index (χ3v) is 3.75. The molecular formula is C16H20Cl2N4O.